The van der Waals surface area contributed by atoms with Gasteiger partial charge in [0.1, 0.15) is 29.3 Å². The summed E-state index contributed by atoms with van der Waals surface area (Å²) in [7, 11) is -2.10. The summed E-state index contributed by atoms with van der Waals surface area (Å²) in [5.74, 6) is -0.0299. The maximum atomic E-state index is 12.3. The van der Waals surface area contributed by atoms with Crippen molar-refractivity contribution in [1.82, 2.24) is 0 Å². The van der Waals surface area contributed by atoms with Crippen molar-refractivity contribution in [2.45, 2.75) is 19.5 Å². The molecule has 0 aromatic heterocycles. The van der Waals surface area contributed by atoms with Crippen molar-refractivity contribution in [2.75, 3.05) is 5.32 Å². The second-order valence-electron chi connectivity index (χ2n) is 7.80. The van der Waals surface area contributed by atoms with Crippen LogP contribution < -0.4 is 21.2 Å². The average Bonchev–Trinajstić information content (AvgIpc) is 2.87. The third-order valence-corrected chi connectivity index (χ3v) is 11.3. The summed E-state index contributed by atoms with van der Waals surface area (Å²) in [4.78, 5) is 12.3. The molecule has 0 aliphatic rings. The third kappa shape index (κ3) is 5.06. The topological polar surface area (TPSA) is 29.1 Å². The number of benzene rings is 4. The molecule has 0 saturated carbocycles. The van der Waals surface area contributed by atoms with Gasteiger partial charge in [-0.25, -0.2) is 0 Å². The molecule has 4 aromatic rings. The molecule has 166 valence electrons. The first-order chi connectivity index (χ1) is 16.0. The van der Waals surface area contributed by atoms with Crippen LogP contribution in [-0.2, 0) is 11.0 Å². The molecule has 0 saturated heterocycles. The lowest BCUT2D eigenvalue weighted by atomic mass is 10.2. The SMILES string of the molecule is CCC(=O)Nc1cc(Cl)c(Br)cc1C[P+](c1ccccc1)(c1ccccc1)c1ccccc1. The molecule has 1 amide bonds. The van der Waals surface area contributed by atoms with Crippen molar-refractivity contribution < 1.29 is 4.79 Å². The smallest absolute Gasteiger partial charge is 0.224 e. The highest BCUT2D eigenvalue weighted by molar-refractivity contribution is 9.10. The Morgan fingerprint density at radius 1 is 0.818 bits per heavy atom. The number of amides is 1. The van der Waals surface area contributed by atoms with Crippen LogP contribution in [0.15, 0.2) is 108 Å². The molecule has 0 atom stereocenters. The largest absolute Gasteiger partial charge is 0.326 e. The summed E-state index contributed by atoms with van der Waals surface area (Å²) in [5.41, 5.74) is 1.82. The van der Waals surface area contributed by atoms with Gasteiger partial charge in [0.15, 0.2) is 0 Å². The van der Waals surface area contributed by atoms with Crippen LogP contribution in [0.2, 0.25) is 5.02 Å². The molecule has 0 aliphatic heterocycles. The molecule has 0 unspecified atom stereocenters. The van der Waals surface area contributed by atoms with Crippen molar-refractivity contribution >= 4 is 62.3 Å². The maximum absolute atomic E-state index is 12.3. The Balaban J connectivity index is 2.00. The van der Waals surface area contributed by atoms with Crippen LogP contribution in [0.25, 0.3) is 0 Å². The van der Waals surface area contributed by atoms with E-state index >= 15 is 0 Å². The van der Waals surface area contributed by atoms with Gasteiger partial charge in [-0.1, -0.05) is 73.1 Å². The lowest BCUT2D eigenvalue weighted by molar-refractivity contribution is -0.115. The number of carbonyl (C=O) groups is 1. The van der Waals surface area contributed by atoms with Crippen LogP contribution in [0.3, 0.4) is 0 Å². The monoisotopic (exact) mass is 536 g/mol. The summed E-state index contributed by atoms with van der Waals surface area (Å²) in [5, 5.41) is 7.53. The van der Waals surface area contributed by atoms with Gasteiger partial charge in [-0.05, 0) is 64.5 Å². The van der Waals surface area contributed by atoms with Gasteiger partial charge in [-0.2, -0.15) is 0 Å². The number of nitrogens with one attached hydrogen (secondary N) is 1. The predicted octanol–water partition coefficient (Wildman–Crippen LogP) is 6.95. The molecular weight excluding hydrogens is 513 g/mol. The van der Waals surface area contributed by atoms with Crippen LogP contribution in [-0.4, -0.2) is 5.91 Å². The number of anilines is 1. The van der Waals surface area contributed by atoms with Gasteiger partial charge in [0, 0.05) is 22.1 Å². The van der Waals surface area contributed by atoms with E-state index in [4.69, 9.17) is 11.6 Å². The lowest BCUT2D eigenvalue weighted by Crippen LogP contribution is -2.32. The minimum Gasteiger partial charge on any atom is -0.326 e. The van der Waals surface area contributed by atoms with E-state index in [2.05, 4.69) is 118 Å². The summed E-state index contributed by atoms with van der Waals surface area (Å²) < 4.78 is 0.820. The van der Waals surface area contributed by atoms with E-state index < -0.39 is 7.26 Å². The average molecular weight is 538 g/mol. The van der Waals surface area contributed by atoms with E-state index in [1.807, 2.05) is 13.0 Å². The van der Waals surface area contributed by atoms with Crippen molar-refractivity contribution in [1.29, 1.82) is 0 Å². The quantitative estimate of drug-likeness (QED) is 0.254. The molecule has 1 N–H and O–H groups in total. The van der Waals surface area contributed by atoms with Crippen LogP contribution >= 0.6 is 34.8 Å². The highest BCUT2D eigenvalue weighted by Gasteiger charge is 2.46. The number of halogens is 2. The molecule has 0 aliphatic carbocycles. The highest BCUT2D eigenvalue weighted by Crippen LogP contribution is 2.59. The number of carbonyl (C=O) groups excluding carboxylic acids is 1. The summed E-state index contributed by atoms with van der Waals surface area (Å²) in [6.45, 7) is 1.85. The molecular formula is C28H25BrClNOP+. The second kappa shape index (κ2) is 10.7. The number of hydrogen-bond donors (Lipinski definition) is 1. The fraction of sp³-hybridized carbons (Fsp3) is 0.107. The second-order valence-corrected chi connectivity index (χ2v) is 12.5. The Morgan fingerprint density at radius 2 is 1.27 bits per heavy atom. The van der Waals surface area contributed by atoms with E-state index in [-0.39, 0.29) is 5.91 Å². The standard InChI is InChI=1S/C28H24BrClNOP/c1-2-28(32)31-27-19-26(30)25(29)18-21(27)20-33(22-12-6-3-7-13-22,23-14-8-4-9-15-23)24-16-10-5-11-17-24/h3-19H,2,20H2,1H3/p+1. The maximum Gasteiger partial charge on any atom is 0.224 e. The summed E-state index contributed by atoms with van der Waals surface area (Å²) in [6, 6.07) is 36.1. The van der Waals surface area contributed by atoms with E-state index in [0.717, 1.165) is 21.9 Å². The zero-order valence-corrected chi connectivity index (χ0v) is 21.6. The summed E-state index contributed by atoms with van der Waals surface area (Å²) in [6.07, 6.45) is 1.16. The van der Waals surface area contributed by atoms with E-state index in [1.165, 1.54) is 15.9 Å². The molecule has 0 spiro atoms. The Morgan fingerprint density at radius 3 is 1.70 bits per heavy atom. The molecule has 5 heteroatoms. The van der Waals surface area contributed by atoms with Crippen molar-refractivity contribution in [2.24, 2.45) is 0 Å². The summed E-state index contributed by atoms with van der Waals surface area (Å²) >= 11 is 10.1. The van der Waals surface area contributed by atoms with Gasteiger partial charge < -0.3 is 5.32 Å². The predicted molar refractivity (Wildman–Crippen MR) is 147 cm³/mol. The van der Waals surface area contributed by atoms with Gasteiger partial charge in [-0.3, -0.25) is 4.79 Å². The Kier molecular flexibility index (Phi) is 7.65. The van der Waals surface area contributed by atoms with Gasteiger partial charge in [0.05, 0.1) is 5.02 Å². The molecule has 0 bridgehead atoms. The van der Waals surface area contributed by atoms with Gasteiger partial charge in [-0.15, -0.1) is 0 Å². The molecule has 0 fully saturated rings. The first-order valence-electron chi connectivity index (χ1n) is 10.9. The van der Waals surface area contributed by atoms with Crippen molar-refractivity contribution in [3.8, 4) is 0 Å². The molecule has 4 aromatic carbocycles. The molecule has 2 nitrogen and oxygen atoms in total. The van der Waals surface area contributed by atoms with Crippen LogP contribution in [0, 0.1) is 0 Å². The minimum absolute atomic E-state index is 0.0299. The zero-order chi connectivity index (χ0) is 23.3. The van der Waals surface area contributed by atoms with Crippen molar-refractivity contribution in [3.05, 3.63) is 118 Å². The Labute approximate surface area is 209 Å². The minimum atomic E-state index is -2.10. The molecule has 33 heavy (non-hydrogen) atoms. The molecule has 4 rings (SSSR count). The van der Waals surface area contributed by atoms with Crippen LogP contribution in [0.1, 0.15) is 18.9 Å². The molecule has 0 heterocycles. The van der Waals surface area contributed by atoms with Crippen LogP contribution in [0.4, 0.5) is 5.69 Å². The van der Waals surface area contributed by atoms with E-state index in [0.29, 0.717) is 11.4 Å². The first-order valence-corrected chi connectivity index (χ1v) is 14.0. The Hall–Kier alpha value is -2.45. The van der Waals surface area contributed by atoms with Gasteiger partial charge >= 0.3 is 0 Å². The van der Waals surface area contributed by atoms with E-state index in [1.54, 1.807) is 0 Å². The third-order valence-electron chi connectivity index (χ3n) is 5.74. The molecule has 0 radical (unpaired) electrons. The van der Waals surface area contributed by atoms with Crippen molar-refractivity contribution in [3.63, 3.8) is 0 Å². The fourth-order valence-corrected chi connectivity index (χ4v) is 8.91. The first kappa shape index (κ1) is 23.7. The Bertz CT molecular complexity index is 1140. The van der Waals surface area contributed by atoms with Crippen LogP contribution in [0.5, 0.6) is 0 Å². The number of hydrogen-bond acceptors (Lipinski definition) is 1. The van der Waals surface area contributed by atoms with Gasteiger partial charge in [0.25, 0.3) is 0 Å². The number of rotatable bonds is 7. The van der Waals surface area contributed by atoms with Gasteiger partial charge in [0.2, 0.25) is 5.91 Å². The van der Waals surface area contributed by atoms with E-state index in [9.17, 15) is 4.79 Å². The normalized spacial score (nSPS) is 11.2. The zero-order valence-electron chi connectivity index (χ0n) is 18.3. The highest BCUT2D eigenvalue weighted by atomic mass is 79.9. The lowest BCUT2D eigenvalue weighted by Gasteiger charge is -2.28. The fourth-order valence-electron chi connectivity index (χ4n) is 4.10.